The summed E-state index contributed by atoms with van der Waals surface area (Å²) in [6.07, 6.45) is 2.37. The van der Waals surface area contributed by atoms with Crippen LogP contribution in [0.5, 0.6) is 0 Å². The molecule has 0 aromatic heterocycles. The van der Waals surface area contributed by atoms with Crippen LogP contribution in [0.2, 0.25) is 0 Å². The van der Waals surface area contributed by atoms with Gasteiger partial charge in [-0.25, -0.2) is 9.34 Å². The average Bonchev–Trinajstić information content (AvgIpc) is 3.11. The Balaban J connectivity index is 1.70. The minimum atomic E-state index is -2.63. The second-order valence-corrected chi connectivity index (χ2v) is 9.24. The van der Waals surface area contributed by atoms with Crippen LogP contribution in [-0.4, -0.2) is 66.6 Å². The highest BCUT2D eigenvalue weighted by Crippen LogP contribution is 2.64. The molecule has 0 aliphatic carbocycles. The molecule has 0 unspecified atom stereocenters. The maximum Gasteiger partial charge on any atom is 0.311 e. The molecule has 0 N–H and O–H groups in total. The molecule has 0 saturated carbocycles. The largest absolute Gasteiger partial charge is 0.311 e. The molecular weight excluding hydrogens is 295 g/mol. The van der Waals surface area contributed by atoms with Gasteiger partial charge in [-0.15, -0.1) is 0 Å². The molecule has 120 valence electrons. The van der Waals surface area contributed by atoms with Gasteiger partial charge in [-0.3, -0.25) is 9.24 Å². The SMILES string of the molecule is CN1CCN([P@@]2(=O)N(c3ccccc3)C[C@@H]3CCCN32)CC1. The van der Waals surface area contributed by atoms with Gasteiger partial charge in [-0.1, -0.05) is 18.2 Å². The highest BCUT2D eigenvalue weighted by molar-refractivity contribution is 7.61. The van der Waals surface area contributed by atoms with E-state index in [4.69, 9.17) is 0 Å². The summed E-state index contributed by atoms with van der Waals surface area (Å²) in [7, 11) is -0.486. The summed E-state index contributed by atoms with van der Waals surface area (Å²) in [4.78, 5) is 2.33. The van der Waals surface area contributed by atoms with Gasteiger partial charge in [-0.05, 0) is 32.0 Å². The fraction of sp³-hybridized carbons (Fsp3) is 0.625. The Labute approximate surface area is 133 Å². The summed E-state index contributed by atoms with van der Waals surface area (Å²) in [5.74, 6) is 0. The van der Waals surface area contributed by atoms with Crippen LogP contribution < -0.4 is 4.67 Å². The lowest BCUT2D eigenvalue weighted by Crippen LogP contribution is -2.46. The van der Waals surface area contributed by atoms with E-state index in [-0.39, 0.29) is 0 Å². The van der Waals surface area contributed by atoms with Crippen LogP contribution in [0.4, 0.5) is 5.69 Å². The monoisotopic (exact) mass is 320 g/mol. The normalized spacial score (nSPS) is 34.2. The molecule has 22 heavy (non-hydrogen) atoms. The summed E-state index contributed by atoms with van der Waals surface area (Å²) < 4.78 is 21.0. The van der Waals surface area contributed by atoms with E-state index in [1.165, 1.54) is 12.8 Å². The highest BCUT2D eigenvalue weighted by Gasteiger charge is 2.54. The van der Waals surface area contributed by atoms with Crippen molar-refractivity contribution in [3.05, 3.63) is 30.3 Å². The third kappa shape index (κ3) is 2.23. The van der Waals surface area contributed by atoms with Gasteiger partial charge >= 0.3 is 7.59 Å². The lowest BCUT2D eigenvalue weighted by Gasteiger charge is -2.42. The maximum absolute atomic E-state index is 14.2. The van der Waals surface area contributed by atoms with E-state index in [0.717, 1.165) is 45.0 Å². The molecule has 0 bridgehead atoms. The molecule has 1 aromatic carbocycles. The molecule has 5 nitrogen and oxygen atoms in total. The van der Waals surface area contributed by atoms with Crippen molar-refractivity contribution in [1.82, 2.24) is 14.2 Å². The maximum atomic E-state index is 14.2. The number of anilines is 1. The van der Waals surface area contributed by atoms with Gasteiger partial charge in [0.15, 0.2) is 0 Å². The molecule has 3 aliphatic rings. The van der Waals surface area contributed by atoms with Gasteiger partial charge in [0.05, 0.1) is 0 Å². The lowest BCUT2D eigenvalue weighted by atomic mass is 10.2. The smallest absolute Gasteiger partial charge is 0.304 e. The number of rotatable bonds is 2. The molecule has 3 saturated heterocycles. The van der Waals surface area contributed by atoms with Gasteiger partial charge in [-0.2, -0.15) is 0 Å². The lowest BCUT2D eigenvalue weighted by molar-refractivity contribution is 0.211. The van der Waals surface area contributed by atoms with Crippen molar-refractivity contribution in [2.24, 2.45) is 0 Å². The number of nitrogens with zero attached hydrogens (tertiary/aromatic N) is 4. The van der Waals surface area contributed by atoms with Crippen molar-refractivity contribution in [1.29, 1.82) is 0 Å². The Morgan fingerprint density at radius 1 is 1.05 bits per heavy atom. The molecule has 3 fully saturated rings. The Morgan fingerprint density at radius 2 is 1.77 bits per heavy atom. The Hall–Kier alpha value is -0.870. The summed E-state index contributed by atoms with van der Waals surface area (Å²) in [6, 6.07) is 10.8. The van der Waals surface area contributed by atoms with Crippen LogP contribution in [0, 0.1) is 0 Å². The number of piperazine rings is 1. The first-order valence-electron chi connectivity index (χ1n) is 8.34. The first kappa shape index (κ1) is 14.7. The van der Waals surface area contributed by atoms with Crippen LogP contribution >= 0.6 is 7.59 Å². The quantitative estimate of drug-likeness (QED) is 0.781. The van der Waals surface area contributed by atoms with E-state index < -0.39 is 7.59 Å². The predicted molar refractivity (Wildman–Crippen MR) is 90.2 cm³/mol. The molecular formula is C16H25N4OP. The van der Waals surface area contributed by atoms with E-state index in [1.54, 1.807) is 0 Å². The fourth-order valence-corrected chi connectivity index (χ4v) is 7.48. The van der Waals surface area contributed by atoms with Gasteiger partial charge in [0.2, 0.25) is 0 Å². The van der Waals surface area contributed by atoms with E-state index in [2.05, 4.69) is 38.1 Å². The summed E-state index contributed by atoms with van der Waals surface area (Å²) in [6.45, 7) is 5.71. The Bertz CT molecular complexity index is 573. The van der Waals surface area contributed by atoms with Gasteiger partial charge in [0.1, 0.15) is 0 Å². The molecule has 3 heterocycles. The second kappa shape index (κ2) is 5.64. The van der Waals surface area contributed by atoms with Gasteiger partial charge < -0.3 is 4.90 Å². The van der Waals surface area contributed by atoms with Crippen LogP contribution in [0.1, 0.15) is 12.8 Å². The molecule has 0 radical (unpaired) electrons. The van der Waals surface area contributed by atoms with Gasteiger partial charge in [0.25, 0.3) is 0 Å². The van der Waals surface area contributed by atoms with Crippen molar-refractivity contribution in [2.45, 2.75) is 18.9 Å². The first-order chi connectivity index (χ1) is 10.7. The highest BCUT2D eigenvalue weighted by atomic mass is 31.2. The minimum absolute atomic E-state index is 0.464. The number of benzene rings is 1. The van der Waals surface area contributed by atoms with Crippen LogP contribution in [0.15, 0.2) is 30.3 Å². The molecule has 0 amide bonds. The average molecular weight is 320 g/mol. The number of para-hydroxylation sites is 1. The number of hydrogen-bond acceptors (Lipinski definition) is 2. The van der Waals surface area contributed by atoms with Crippen molar-refractivity contribution >= 4 is 13.3 Å². The Morgan fingerprint density at radius 3 is 2.50 bits per heavy atom. The van der Waals surface area contributed by atoms with E-state index in [0.29, 0.717) is 6.04 Å². The van der Waals surface area contributed by atoms with Gasteiger partial charge in [0, 0.05) is 51.0 Å². The minimum Gasteiger partial charge on any atom is -0.304 e. The molecule has 3 aliphatic heterocycles. The van der Waals surface area contributed by atoms with Crippen LogP contribution in [0.25, 0.3) is 0 Å². The summed E-state index contributed by atoms with van der Waals surface area (Å²) in [5, 5.41) is 0. The Kier molecular flexibility index (Phi) is 3.77. The van der Waals surface area contributed by atoms with Crippen molar-refractivity contribution in [3.8, 4) is 0 Å². The summed E-state index contributed by atoms with van der Waals surface area (Å²) >= 11 is 0. The molecule has 6 heteroatoms. The third-order valence-corrected chi connectivity index (χ3v) is 8.64. The van der Waals surface area contributed by atoms with E-state index >= 15 is 0 Å². The topological polar surface area (TPSA) is 30.0 Å². The number of hydrogen-bond donors (Lipinski definition) is 0. The number of fused-ring (bicyclic) bond motifs is 1. The first-order valence-corrected chi connectivity index (χ1v) is 9.90. The second-order valence-electron chi connectivity index (χ2n) is 6.65. The zero-order valence-electron chi connectivity index (χ0n) is 13.3. The zero-order valence-corrected chi connectivity index (χ0v) is 14.2. The number of likely N-dealkylation sites (N-methyl/N-ethyl adjacent to an activating group) is 1. The van der Waals surface area contributed by atoms with E-state index in [1.807, 2.05) is 18.2 Å². The molecule has 0 spiro atoms. The zero-order chi connectivity index (χ0) is 15.2. The molecule has 4 rings (SSSR count). The van der Waals surface area contributed by atoms with Crippen molar-refractivity contribution in [2.75, 3.05) is 51.0 Å². The standard InChI is InChI=1S/C16H25N4OP/c1-17-10-12-18(13-11-17)22(21)19-9-5-8-16(19)14-20(22)15-6-3-2-4-7-15/h2-4,6-7,16H,5,8-14H2,1H3/t16-,22-/m0/s1. The third-order valence-electron chi connectivity index (χ3n) is 5.28. The van der Waals surface area contributed by atoms with E-state index in [9.17, 15) is 4.57 Å². The molecule has 2 atom stereocenters. The van der Waals surface area contributed by atoms with Crippen molar-refractivity contribution < 1.29 is 4.57 Å². The van der Waals surface area contributed by atoms with Crippen molar-refractivity contribution in [3.63, 3.8) is 0 Å². The summed E-state index contributed by atoms with van der Waals surface area (Å²) in [5.41, 5.74) is 1.11. The molecule has 1 aromatic rings. The fourth-order valence-electron chi connectivity index (χ4n) is 4.02. The van der Waals surface area contributed by atoms with Crippen LogP contribution in [-0.2, 0) is 4.57 Å². The van der Waals surface area contributed by atoms with Crippen LogP contribution in [0.3, 0.4) is 0 Å². The predicted octanol–water partition coefficient (Wildman–Crippen LogP) is 2.33.